The highest BCUT2D eigenvalue weighted by atomic mass is 79.9. The number of ether oxygens (including phenoxy) is 2. The van der Waals surface area contributed by atoms with Crippen LogP contribution in [0.15, 0.2) is 30.3 Å². The first kappa shape index (κ1) is 13.1. The lowest BCUT2D eigenvalue weighted by Gasteiger charge is -2.09. The maximum Gasteiger partial charge on any atom is 0.128 e. The van der Waals surface area contributed by atoms with Gasteiger partial charge in [0.25, 0.3) is 0 Å². The van der Waals surface area contributed by atoms with Crippen molar-refractivity contribution in [3.8, 4) is 5.75 Å². The van der Waals surface area contributed by atoms with E-state index >= 15 is 0 Å². The normalized spacial score (nSPS) is 10.7. The summed E-state index contributed by atoms with van der Waals surface area (Å²) in [5.41, 5.74) is 6.49. The number of nitrogen functional groups attached to an aromatic ring is 1. The molecule has 4 nitrogen and oxygen atoms in total. The summed E-state index contributed by atoms with van der Waals surface area (Å²) >= 11 is 3.30. The van der Waals surface area contributed by atoms with Crippen LogP contribution in [0.2, 0.25) is 0 Å². The number of hydrogen-bond acceptors (Lipinski definition) is 4. The molecule has 2 N–H and O–H groups in total. The molecule has 0 aliphatic heterocycles. The molecule has 5 heteroatoms. The molecule has 96 valence electrons. The molecule has 1 heterocycles. The zero-order valence-electron chi connectivity index (χ0n) is 9.93. The molecule has 0 saturated carbocycles. The Morgan fingerprint density at radius 1 is 1.11 bits per heavy atom. The molecule has 2 aromatic rings. The lowest BCUT2D eigenvalue weighted by Crippen LogP contribution is -2.08. The van der Waals surface area contributed by atoms with Crippen molar-refractivity contribution in [1.82, 2.24) is 4.98 Å². The summed E-state index contributed by atoms with van der Waals surface area (Å²) in [4.78, 5) is 4.25. The van der Waals surface area contributed by atoms with Crippen LogP contribution in [0, 0.1) is 0 Å². The Balaban J connectivity index is 2.04. The number of hydrogen-bond donors (Lipinski definition) is 1. The molecule has 0 aliphatic carbocycles. The Kier molecular flexibility index (Phi) is 4.78. The number of fused-ring (bicyclic) bond motifs is 1. The maximum atomic E-state index is 5.68. The second-order valence-corrected chi connectivity index (χ2v) is 4.50. The quantitative estimate of drug-likeness (QED) is 0.658. The van der Waals surface area contributed by atoms with E-state index in [0.29, 0.717) is 25.6 Å². The SMILES string of the molecule is Nc1ccc2c(OCCOCCBr)cccc2n1. The number of halogens is 1. The monoisotopic (exact) mass is 310 g/mol. The number of nitrogens with zero attached hydrogens (tertiary/aromatic N) is 1. The van der Waals surface area contributed by atoms with Gasteiger partial charge in [0, 0.05) is 10.7 Å². The van der Waals surface area contributed by atoms with E-state index in [1.165, 1.54) is 0 Å². The Hall–Kier alpha value is -1.33. The summed E-state index contributed by atoms with van der Waals surface area (Å²) in [7, 11) is 0. The Labute approximate surface area is 114 Å². The van der Waals surface area contributed by atoms with Gasteiger partial charge in [-0.15, -0.1) is 0 Å². The second-order valence-electron chi connectivity index (χ2n) is 3.71. The van der Waals surface area contributed by atoms with Gasteiger partial charge in [0.05, 0.1) is 18.7 Å². The van der Waals surface area contributed by atoms with Crippen LogP contribution in [0.5, 0.6) is 5.75 Å². The van der Waals surface area contributed by atoms with E-state index < -0.39 is 0 Å². The molecule has 0 aliphatic rings. The Morgan fingerprint density at radius 3 is 2.83 bits per heavy atom. The zero-order chi connectivity index (χ0) is 12.8. The number of pyridine rings is 1. The molecule has 0 bridgehead atoms. The van der Waals surface area contributed by atoms with Gasteiger partial charge < -0.3 is 15.2 Å². The molecule has 0 radical (unpaired) electrons. The van der Waals surface area contributed by atoms with Crippen LogP contribution in [0.4, 0.5) is 5.82 Å². The highest BCUT2D eigenvalue weighted by Crippen LogP contribution is 2.24. The van der Waals surface area contributed by atoms with E-state index in [1.54, 1.807) is 6.07 Å². The van der Waals surface area contributed by atoms with E-state index in [4.69, 9.17) is 15.2 Å². The topological polar surface area (TPSA) is 57.4 Å². The number of alkyl halides is 1. The third-order valence-electron chi connectivity index (χ3n) is 2.42. The standard InChI is InChI=1S/C13H15BrN2O2/c14-6-7-17-8-9-18-12-3-1-2-11-10(12)4-5-13(15)16-11/h1-5H,6-9H2,(H2,15,16). The number of anilines is 1. The van der Waals surface area contributed by atoms with Crippen LogP contribution < -0.4 is 10.5 Å². The van der Waals surface area contributed by atoms with Gasteiger partial charge in [-0.25, -0.2) is 4.98 Å². The molecule has 1 aromatic heterocycles. The van der Waals surface area contributed by atoms with Gasteiger partial charge in [0.15, 0.2) is 0 Å². The summed E-state index contributed by atoms with van der Waals surface area (Å²) in [6.07, 6.45) is 0. The number of benzene rings is 1. The number of nitrogens with two attached hydrogens (primary N) is 1. The average Bonchev–Trinajstić information content (AvgIpc) is 2.38. The van der Waals surface area contributed by atoms with Crippen molar-refractivity contribution in [2.75, 3.05) is 30.9 Å². The highest BCUT2D eigenvalue weighted by molar-refractivity contribution is 9.09. The first-order valence-corrected chi connectivity index (χ1v) is 6.85. The van der Waals surface area contributed by atoms with Crippen LogP contribution in [0.1, 0.15) is 0 Å². The largest absolute Gasteiger partial charge is 0.490 e. The van der Waals surface area contributed by atoms with Crippen molar-refractivity contribution in [1.29, 1.82) is 0 Å². The Morgan fingerprint density at radius 2 is 2.00 bits per heavy atom. The molecule has 0 unspecified atom stereocenters. The summed E-state index contributed by atoms with van der Waals surface area (Å²) < 4.78 is 11.0. The van der Waals surface area contributed by atoms with Gasteiger partial charge in [0.1, 0.15) is 18.2 Å². The van der Waals surface area contributed by atoms with Crippen LogP contribution >= 0.6 is 15.9 Å². The lowest BCUT2D eigenvalue weighted by atomic mass is 10.2. The van der Waals surface area contributed by atoms with Crippen LogP contribution in [-0.2, 0) is 4.74 Å². The van der Waals surface area contributed by atoms with E-state index in [0.717, 1.165) is 22.0 Å². The predicted molar refractivity (Wildman–Crippen MR) is 76.3 cm³/mol. The minimum absolute atomic E-state index is 0.514. The van der Waals surface area contributed by atoms with Gasteiger partial charge >= 0.3 is 0 Å². The van der Waals surface area contributed by atoms with E-state index in [1.807, 2.05) is 24.3 Å². The summed E-state index contributed by atoms with van der Waals surface area (Å²) in [6.45, 7) is 1.79. The highest BCUT2D eigenvalue weighted by Gasteiger charge is 2.03. The molecule has 0 spiro atoms. The summed E-state index contributed by atoms with van der Waals surface area (Å²) in [6, 6.07) is 9.44. The summed E-state index contributed by atoms with van der Waals surface area (Å²) in [5, 5.41) is 1.80. The third-order valence-corrected chi connectivity index (χ3v) is 2.74. The van der Waals surface area contributed by atoms with Gasteiger partial charge in [-0.1, -0.05) is 22.0 Å². The van der Waals surface area contributed by atoms with Gasteiger partial charge in [-0.2, -0.15) is 0 Å². The smallest absolute Gasteiger partial charge is 0.128 e. The van der Waals surface area contributed by atoms with Crippen molar-refractivity contribution in [3.63, 3.8) is 0 Å². The summed E-state index contributed by atoms with van der Waals surface area (Å²) in [5.74, 6) is 1.32. The van der Waals surface area contributed by atoms with Crippen molar-refractivity contribution >= 4 is 32.7 Å². The van der Waals surface area contributed by atoms with Crippen molar-refractivity contribution < 1.29 is 9.47 Å². The second kappa shape index (κ2) is 6.56. The fourth-order valence-electron chi connectivity index (χ4n) is 1.64. The fourth-order valence-corrected chi connectivity index (χ4v) is 1.86. The minimum atomic E-state index is 0.514. The first-order chi connectivity index (χ1) is 8.81. The average molecular weight is 311 g/mol. The van der Waals surface area contributed by atoms with Gasteiger partial charge in [0.2, 0.25) is 0 Å². The molecule has 0 amide bonds. The van der Waals surface area contributed by atoms with Gasteiger partial charge in [-0.3, -0.25) is 0 Å². The van der Waals surface area contributed by atoms with Gasteiger partial charge in [-0.05, 0) is 24.3 Å². The first-order valence-electron chi connectivity index (χ1n) is 5.73. The third kappa shape index (κ3) is 3.34. The number of aromatic nitrogens is 1. The van der Waals surface area contributed by atoms with E-state index in [-0.39, 0.29) is 0 Å². The van der Waals surface area contributed by atoms with Crippen LogP contribution in [0.25, 0.3) is 10.9 Å². The maximum absolute atomic E-state index is 5.68. The van der Waals surface area contributed by atoms with Crippen LogP contribution in [0.3, 0.4) is 0 Å². The molecule has 0 fully saturated rings. The lowest BCUT2D eigenvalue weighted by molar-refractivity contribution is 0.113. The van der Waals surface area contributed by atoms with E-state index in [9.17, 15) is 0 Å². The molecule has 0 atom stereocenters. The molecular weight excluding hydrogens is 296 g/mol. The van der Waals surface area contributed by atoms with Crippen molar-refractivity contribution in [3.05, 3.63) is 30.3 Å². The van der Waals surface area contributed by atoms with Crippen molar-refractivity contribution in [2.45, 2.75) is 0 Å². The minimum Gasteiger partial charge on any atom is -0.490 e. The van der Waals surface area contributed by atoms with Crippen LogP contribution in [-0.4, -0.2) is 30.1 Å². The number of rotatable bonds is 6. The molecule has 2 rings (SSSR count). The fraction of sp³-hybridized carbons (Fsp3) is 0.308. The molecule has 0 saturated heterocycles. The van der Waals surface area contributed by atoms with E-state index in [2.05, 4.69) is 20.9 Å². The molecule has 18 heavy (non-hydrogen) atoms. The molecular formula is C13H15BrN2O2. The Bertz CT molecular complexity index is 519. The predicted octanol–water partition coefficient (Wildman–Crippen LogP) is 2.61. The van der Waals surface area contributed by atoms with Crippen molar-refractivity contribution in [2.24, 2.45) is 0 Å². The zero-order valence-corrected chi connectivity index (χ0v) is 11.5. The molecule has 1 aromatic carbocycles.